The summed E-state index contributed by atoms with van der Waals surface area (Å²) in [5, 5.41) is 8.68. The Balaban J connectivity index is 1.43. The van der Waals surface area contributed by atoms with Gasteiger partial charge in [-0.2, -0.15) is 0 Å². The van der Waals surface area contributed by atoms with Crippen LogP contribution < -0.4 is 16.0 Å². The fourth-order valence-corrected chi connectivity index (χ4v) is 4.04. The van der Waals surface area contributed by atoms with Crippen molar-refractivity contribution in [3.63, 3.8) is 0 Å². The molecule has 1 unspecified atom stereocenters. The first kappa shape index (κ1) is 19.4. The van der Waals surface area contributed by atoms with Gasteiger partial charge in [0.05, 0.1) is 11.7 Å². The van der Waals surface area contributed by atoms with Gasteiger partial charge in [-0.25, -0.2) is 9.18 Å². The summed E-state index contributed by atoms with van der Waals surface area (Å²) in [5.74, 6) is -0.325. The van der Waals surface area contributed by atoms with Gasteiger partial charge in [0.1, 0.15) is 5.82 Å². The van der Waals surface area contributed by atoms with Gasteiger partial charge in [0.25, 0.3) is 0 Å². The molecule has 2 heterocycles. The predicted octanol–water partition coefficient (Wildman–Crippen LogP) is 3.50. The zero-order valence-corrected chi connectivity index (χ0v) is 16.2. The number of fused-ring (bicyclic) bond motifs is 1. The molecule has 152 valence electrons. The lowest BCUT2D eigenvalue weighted by Gasteiger charge is -2.34. The Kier molecular flexibility index (Phi) is 5.76. The molecule has 2 aliphatic rings. The van der Waals surface area contributed by atoms with Gasteiger partial charge in [0, 0.05) is 18.8 Å². The molecule has 3 N–H and O–H groups in total. The molecule has 0 aromatic heterocycles. The van der Waals surface area contributed by atoms with Gasteiger partial charge in [0.2, 0.25) is 5.91 Å². The second kappa shape index (κ2) is 8.61. The van der Waals surface area contributed by atoms with E-state index < -0.39 is 11.8 Å². The van der Waals surface area contributed by atoms with E-state index >= 15 is 0 Å². The number of amides is 3. The number of carbonyl (C=O) groups is 2. The van der Waals surface area contributed by atoms with E-state index in [-0.39, 0.29) is 17.6 Å². The van der Waals surface area contributed by atoms with Crippen molar-refractivity contribution in [2.45, 2.75) is 38.3 Å². The number of urea groups is 1. The number of halogens is 1. The average molecular weight is 396 g/mol. The molecule has 0 bridgehead atoms. The van der Waals surface area contributed by atoms with Crippen LogP contribution in [0.2, 0.25) is 0 Å². The molecule has 7 heteroatoms. The van der Waals surface area contributed by atoms with Crippen molar-refractivity contribution in [3.05, 3.63) is 59.4 Å². The molecule has 3 amide bonds. The quantitative estimate of drug-likeness (QED) is 0.744. The van der Waals surface area contributed by atoms with Gasteiger partial charge in [-0.05, 0) is 55.1 Å². The minimum absolute atomic E-state index is 0.0850. The molecule has 29 heavy (non-hydrogen) atoms. The van der Waals surface area contributed by atoms with E-state index in [0.29, 0.717) is 25.2 Å². The van der Waals surface area contributed by atoms with E-state index in [1.165, 1.54) is 12.1 Å². The largest absolute Gasteiger partial charge is 0.337 e. The van der Waals surface area contributed by atoms with Crippen LogP contribution in [0.15, 0.2) is 42.5 Å². The first-order chi connectivity index (χ1) is 14.1. The van der Waals surface area contributed by atoms with Gasteiger partial charge in [0.15, 0.2) is 0 Å². The third-order valence-electron chi connectivity index (χ3n) is 5.56. The molecule has 0 radical (unpaired) electrons. The van der Waals surface area contributed by atoms with Gasteiger partial charge in [-0.1, -0.05) is 30.7 Å². The molecular weight excluding hydrogens is 371 g/mol. The molecule has 4 rings (SSSR count). The van der Waals surface area contributed by atoms with Crippen LogP contribution >= 0.6 is 0 Å². The van der Waals surface area contributed by atoms with Gasteiger partial charge in [-0.3, -0.25) is 4.79 Å². The molecule has 1 atom stereocenters. The van der Waals surface area contributed by atoms with Crippen molar-refractivity contribution in [2.75, 3.05) is 23.7 Å². The molecule has 0 aliphatic carbocycles. The average Bonchev–Trinajstić information content (AvgIpc) is 2.75. The van der Waals surface area contributed by atoms with Crippen LogP contribution in [-0.4, -0.2) is 36.0 Å². The number of benzene rings is 2. The lowest BCUT2D eigenvalue weighted by molar-refractivity contribution is -0.135. The van der Waals surface area contributed by atoms with Crippen molar-refractivity contribution in [1.82, 2.24) is 10.2 Å². The Hall–Kier alpha value is -2.93. The van der Waals surface area contributed by atoms with E-state index in [2.05, 4.69) is 16.0 Å². The van der Waals surface area contributed by atoms with Crippen LogP contribution in [0.1, 0.15) is 30.4 Å². The van der Waals surface area contributed by atoms with Gasteiger partial charge >= 0.3 is 6.03 Å². The first-order valence-corrected chi connectivity index (χ1v) is 10.1. The number of para-hydroxylation sites is 1. The summed E-state index contributed by atoms with van der Waals surface area (Å²) in [4.78, 5) is 27.0. The van der Waals surface area contributed by atoms with E-state index in [9.17, 15) is 14.0 Å². The second-order valence-electron chi connectivity index (χ2n) is 7.51. The predicted molar refractivity (Wildman–Crippen MR) is 110 cm³/mol. The molecule has 0 spiro atoms. The normalized spacial score (nSPS) is 18.7. The summed E-state index contributed by atoms with van der Waals surface area (Å²) >= 11 is 0. The highest BCUT2D eigenvalue weighted by molar-refractivity contribution is 6.00. The van der Waals surface area contributed by atoms with Crippen LogP contribution in [0.25, 0.3) is 0 Å². The fraction of sp³-hybridized carbons (Fsp3) is 0.364. The van der Waals surface area contributed by atoms with E-state index in [1.807, 2.05) is 23.1 Å². The highest BCUT2D eigenvalue weighted by atomic mass is 19.1. The molecule has 2 aliphatic heterocycles. The number of hydrogen-bond acceptors (Lipinski definition) is 3. The highest BCUT2D eigenvalue weighted by Crippen LogP contribution is 2.27. The van der Waals surface area contributed by atoms with Crippen molar-refractivity contribution >= 4 is 23.3 Å². The number of hydrogen-bond donors (Lipinski definition) is 3. The van der Waals surface area contributed by atoms with Crippen LogP contribution in [-0.2, 0) is 17.8 Å². The Labute approximate surface area is 169 Å². The summed E-state index contributed by atoms with van der Waals surface area (Å²) in [5.41, 5.74) is 2.88. The van der Waals surface area contributed by atoms with Crippen molar-refractivity contribution in [1.29, 1.82) is 0 Å². The number of rotatable bonds is 3. The van der Waals surface area contributed by atoms with E-state index in [4.69, 9.17) is 0 Å². The van der Waals surface area contributed by atoms with E-state index in [1.54, 1.807) is 12.1 Å². The molecular formula is C22H25FN4O2. The van der Waals surface area contributed by atoms with Crippen LogP contribution in [0.5, 0.6) is 0 Å². The monoisotopic (exact) mass is 396 g/mol. The van der Waals surface area contributed by atoms with Crippen molar-refractivity contribution < 1.29 is 14.0 Å². The van der Waals surface area contributed by atoms with Crippen LogP contribution in [0.4, 0.5) is 20.6 Å². The first-order valence-electron chi connectivity index (χ1n) is 10.1. The number of carbonyl (C=O) groups excluding carboxylic acids is 2. The minimum atomic E-state index is -0.492. The third-order valence-corrected chi connectivity index (χ3v) is 5.56. The van der Waals surface area contributed by atoms with E-state index in [0.717, 1.165) is 36.9 Å². The molecule has 2 aromatic rings. The Morgan fingerprint density at radius 2 is 1.83 bits per heavy atom. The standard InChI is InChI=1S/C22H25FN4O2/c23-17-7-1-2-8-19(17)26-22(29)25-18-10-5-6-15-14-27(13-11-16(15)18)21(28)20-9-3-4-12-24-20/h1-2,5-8,10,20,24H,3-4,9,11-14H2,(H2,25,26,29). The summed E-state index contributed by atoms with van der Waals surface area (Å²) in [6.07, 6.45) is 3.76. The second-order valence-corrected chi connectivity index (χ2v) is 7.51. The Morgan fingerprint density at radius 1 is 1.03 bits per heavy atom. The molecule has 0 saturated carbocycles. The number of piperidine rings is 1. The maximum atomic E-state index is 13.7. The smallest absolute Gasteiger partial charge is 0.323 e. The lowest BCUT2D eigenvalue weighted by atomic mass is 9.96. The zero-order chi connectivity index (χ0) is 20.2. The van der Waals surface area contributed by atoms with Crippen LogP contribution in [0, 0.1) is 5.82 Å². The maximum absolute atomic E-state index is 13.7. The SMILES string of the molecule is O=C(Nc1ccccc1F)Nc1cccc2c1CCN(C(=O)C1CCCCN1)C2. The molecule has 1 fully saturated rings. The van der Waals surface area contributed by atoms with Crippen LogP contribution in [0.3, 0.4) is 0 Å². The zero-order valence-electron chi connectivity index (χ0n) is 16.2. The lowest BCUT2D eigenvalue weighted by Crippen LogP contribution is -2.49. The topological polar surface area (TPSA) is 73.5 Å². The van der Waals surface area contributed by atoms with Crippen molar-refractivity contribution in [3.8, 4) is 0 Å². The Bertz CT molecular complexity index is 911. The molecule has 6 nitrogen and oxygen atoms in total. The molecule has 1 saturated heterocycles. The third kappa shape index (κ3) is 4.40. The summed E-state index contributed by atoms with van der Waals surface area (Å²) in [7, 11) is 0. The fourth-order valence-electron chi connectivity index (χ4n) is 4.04. The summed E-state index contributed by atoms with van der Waals surface area (Å²) in [6, 6.07) is 11.2. The number of anilines is 2. The highest BCUT2D eigenvalue weighted by Gasteiger charge is 2.29. The van der Waals surface area contributed by atoms with Gasteiger partial charge in [-0.15, -0.1) is 0 Å². The summed E-state index contributed by atoms with van der Waals surface area (Å²) in [6.45, 7) is 2.06. The molecule has 2 aromatic carbocycles. The Morgan fingerprint density at radius 3 is 2.62 bits per heavy atom. The summed E-state index contributed by atoms with van der Waals surface area (Å²) < 4.78 is 13.7. The van der Waals surface area contributed by atoms with Crippen molar-refractivity contribution in [2.24, 2.45) is 0 Å². The van der Waals surface area contributed by atoms with Gasteiger partial charge < -0.3 is 20.9 Å². The maximum Gasteiger partial charge on any atom is 0.323 e. The number of nitrogens with zero attached hydrogens (tertiary/aromatic N) is 1. The number of nitrogens with one attached hydrogen (secondary N) is 3. The minimum Gasteiger partial charge on any atom is -0.337 e.